The SMILES string of the molecule is CC(C)(O)Cn1cnc2cc(C(F)(F)F)c(N)nc21. The number of alkyl halides is 3. The van der Waals surface area contributed by atoms with Gasteiger partial charge in [0, 0.05) is 0 Å². The zero-order chi connectivity index (χ0) is 14.4. The fraction of sp³-hybridized carbons (Fsp3) is 0.455. The molecular weight excluding hydrogens is 261 g/mol. The van der Waals surface area contributed by atoms with Crippen molar-refractivity contribution in [3.63, 3.8) is 0 Å². The molecule has 19 heavy (non-hydrogen) atoms. The molecule has 0 amide bonds. The van der Waals surface area contributed by atoms with Crippen molar-refractivity contribution in [2.24, 2.45) is 0 Å². The first-order chi connectivity index (χ1) is 8.58. The Balaban J connectivity index is 2.55. The fourth-order valence-corrected chi connectivity index (χ4v) is 1.76. The second-order valence-electron chi connectivity index (χ2n) is 4.95. The minimum atomic E-state index is -4.56. The lowest BCUT2D eigenvalue weighted by molar-refractivity contribution is -0.137. The molecule has 0 atom stereocenters. The standard InChI is InChI=1S/C11H13F3N4O/c1-10(2,19)4-18-5-16-7-3-6(11(12,13)14)8(15)17-9(7)18/h3,5,19H,4H2,1-2H3,(H2,15,17). The second-order valence-corrected chi connectivity index (χ2v) is 4.95. The summed E-state index contributed by atoms with van der Waals surface area (Å²) in [5, 5.41) is 9.71. The molecule has 0 bridgehead atoms. The van der Waals surface area contributed by atoms with Crippen molar-refractivity contribution in [2.45, 2.75) is 32.2 Å². The molecule has 3 N–H and O–H groups in total. The van der Waals surface area contributed by atoms with Crippen LogP contribution in [-0.2, 0) is 12.7 Å². The Hall–Kier alpha value is -1.83. The number of nitrogen functional groups attached to an aromatic ring is 1. The molecule has 0 spiro atoms. The average molecular weight is 274 g/mol. The number of hydrogen-bond donors (Lipinski definition) is 2. The maximum Gasteiger partial charge on any atom is 0.420 e. The van der Waals surface area contributed by atoms with E-state index in [1.54, 1.807) is 13.8 Å². The van der Waals surface area contributed by atoms with Gasteiger partial charge in [-0.15, -0.1) is 0 Å². The average Bonchev–Trinajstić information content (AvgIpc) is 2.56. The lowest BCUT2D eigenvalue weighted by atomic mass is 10.1. The highest BCUT2D eigenvalue weighted by molar-refractivity contribution is 5.75. The fourth-order valence-electron chi connectivity index (χ4n) is 1.76. The zero-order valence-corrected chi connectivity index (χ0v) is 10.4. The van der Waals surface area contributed by atoms with Crippen molar-refractivity contribution in [3.05, 3.63) is 18.0 Å². The van der Waals surface area contributed by atoms with Gasteiger partial charge < -0.3 is 15.4 Å². The molecule has 0 radical (unpaired) electrons. The minimum Gasteiger partial charge on any atom is -0.389 e. The number of pyridine rings is 1. The first kappa shape index (κ1) is 13.6. The first-order valence-corrected chi connectivity index (χ1v) is 5.49. The van der Waals surface area contributed by atoms with Crippen LogP contribution in [0, 0.1) is 0 Å². The Morgan fingerprint density at radius 2 is 2.00 bits per heavy atom. The number of anilines is 1. The number of nitrogens with two attached hydrogens (primary N) is 1. The van der Waals surface area contributed by atoms with Gasteiger partial charge in [-0.05, 0) is 19.9 Å². The summed E-state index contributed by atoms with van der Waals surface area (Å²) in [5.74, 6) is -0.600. The maximum atomic E-state index is 12.7. The summed E-state index contributed by atoms with van der Waals surface area (Å²) in [6.45, 7) is 3.31. The Morgan fingerprint density at radius 1 is 1.37 bits per heavy atom. The highest BCUT2D eigenvalue weighted by Crippen LogP contribution is 2.34. The Morgan fingerprint density at radius 3 is 2.53 bits per heavy atom. The Kier molecular flexibility index (Phi) is 2.93. The van der Waals surface area contributed by atoms with E-state index in [0.717, 1.165) is 6.07 Å². The Labute approximate surface area is 106 Å². The van der Waals surface area contributed by atoms with Crippen molar-refractivity contribution in [3.8, 4) is 0 Å². The van der Waals surface area contributed by atoms with Gasteiger partial charge in [-0.1, -0.05) is 0 Å². The third-order valence-electron chi connectivity index (χ3n) is 2.48. The summed E-state index contributed by atoms with van der Waals surface area (Å²) in [6.07, 6.45) is -3.24. The van der Waals surface area contributed by atoms with Gasteiger partial charge in [-0.2, -0.15) is 13.2 Å². The molecule has 0 saturated heterocycles. The molecule has 2 heterocycles. The topological polar surface area (TPSA) is 77.0 Å². The molecule has 8 heteroatoms. The van der Waals surface area contributed by atoms with Gasteiger partial charge in [0.15, 0.2) is 5.65 Å². The number of halogens is 3. The lowest BCUT2D eigenvalue weighted by Crippen LogP contribution is -2.25. The molecule has 0 aliphatic carbocycles. The first-order valence-electron chi connectivity index (χ1n) is 5.49. The largest absolute Gasteiger partial charge is 0.420 e. The molecule has 2 aromatic rings. The monoisotopic (exact) mass is 274 g/mol. The van der Waals surface area contributed by atoms with Crippen molar-refractivity contribution < 1.29 is 18.3 Å². The smallest absolute Gasteiger partial charge is 0.389 e. The number of hydrogen-bond acceptors (Lipinski definition) is 4. The van der Waals surface area contributed by atoms with Crippen LogP contribution in [0.15, 0.2) is 12.4 Å². The van der Waals surface area contributed by atoms with Crippen LogP contribution in [0.2, 0.25) is 0 Å². The molecule has 2 rings (SSSR count). The van der Waals surface area contributed by atoms with Crippen LogP contribution in [0.4, 0.5) is 19.0 Å². The second kappa shape index (κ2) is 4.09. The number of fused-ring (bicyclic) bond motifs is 1. The molecule has 0 unspecified atom stereocenters. The van der Waals surface area contributed by atoms with Crippen LogP contribution in [0.1, 0.15) is 19.4 Å². The number of aliphatic hydroxyl groups is 1. The van der Waals surface area contributed by atoms with E-state index in [1.807, 2.05) is 0 Å². The lowest BCUT2D eigenvalue weighted by Gasteiger charge is -2.18. The summed E-state index contributed by atoms with van der Waals surface area (Å²) in [6, 6.07) is 0.860. The van der Waals surface area contributed by atoms with Crippen LogP contribution in [-0.4, -0.2) is 25.2 Å². The van der Waals surface area contributed by atoms with Crippen LogP contribution in [0.25, 0.3) is 11.2 Å². The van der Waals surface area contributed by atoms with Crippen molar-refractivity contribution in [2.75, 3.05) is 5.73 Å². The molecule has 5 nitrogen and oxygen atoms in total. The highest BCUT2D eigenvalue weighted by Gasteiger charge is 2.34. The van der Waals surface area contributed by atoms with E-state index >= 15 is 0 Å². The molecule has 2 aromatic heterocycles. The van der Waals surface area contributed by atoms with E-state index < -0.39 is 23.2 Å². The van der Waals surface area contributed by atoms with Gasteiger partial charge in [-0.25, -0.2) is 9.97 Å². The van der Waals surface area contributed by atoms with E-state index in [1.165, 1.54) is 10.9 Å². The van der Waals surface area contributed by atoms with Crippen molar-refractivity contribution in [1.82, 2.24) is 14.5 Å². The molecule has 0 aliphatic rings. The number of nitrogens with zero attached hydrogens (tertiary/aromatic N) is 3. The summed E-state index contributed by atoms with van der Waals surface area (Å²) in [5.41, 5.74) is 3.59. The van der Waals surface area contributed by atoms with Crippen molar-refractivity contribution >= 4 is 17.0 Å². The third-order valence-corrected chi connectivity index (χ3v) is 2.48. The molecule has 0 fully saturated rings. The maximum absolute atomic E-state index is 12.7. The van der Waals surface area contributed by atoms with E-state index in [2.05, 4.69) is 9.97 Å². The predicted molar refractivity (Wildman–Crippen MR) is 63.2 cm³/mol. The molecule has 104 valence electrons. The van der Waals surface area contributed by atoms with Crippen molar-refractivity contribution in [1.29, 1.82) is 0 Å². The van der Waals surface area contributed by atoms with Crippen LogP contribution in [0.5, 0.6) is 0 Å². The van der Waals surface area contributed by atoms with E-state index in [-0.39, 0.29) is 17.7 Å². The van der Waals surface area contributed by atoms with E-state index in [0.29, 0.717) is 0 Å². The van der Waals surface area contributed by atoms with E-state index in [4.69, 9.17) is 5.73 Å². The summed E-state index contributed by atoms with van der Waals surface area (Å²) < 4.78 is 39.4. The van der Waals surface area contributed by atoms with Gasteiger partial charge in [0.25, 0.3) is 0 Å². The summed E-state index contributed by atoms with van der Waals surface area (Å²) in [4.78, 5) is 7.59. The van der Waals surface area contributed by atoms with Gasteiger partial charge in [0.1, 0.15) is 11.3 Å². The third kappa shape index (κ3) is 2.78. The zero-order valence-electron chi connectivity index (χ0n) is 10.4. The normalized spacial score (nSPS) is 13.2. The quantitative estimate of drug-likeness (QED) is 0.875. The predicted octanol–water partition coefficient (Wildman–Crippen LogP) is 1.80. The number of rotatable bonds is 2. The van der Waals surface area contributed by atoms with Gasteiger partial charge in [0.05, 0.1) is 24.0 Å². The van der Waals surface area contributed by atoms with Crippen LogP contribution >= 0.6 is 0 Å². The highest BCUT2D eigenvalue weighted by atomic mass is 19.4. The molecule has 0 aliphatic heterocycles. The molecule has 0 saturated carbocycles. The minimum absolute atomic E-state index is 0.0887. The summed E-state index contributed by atoms with van der Waals surface area (Å²) >= 11 is 0. The van der Waals surface area contributed by atoms with Gasteiger partial charge in [-0.3, -0.25) is 0 Å². The van der Waals surface area contributed by atoms with Gasteiger partial charge in [0.2, 0.25) is 0 Å². The van der Waals surface area contributed by atoms with Crippen LogP contribution in [0.3, 0.4) is 0 Å². The molecular formula is C11H13F3N4O. The molecule has 0 aromatic carbocycles. The van der Waals surface area contributed by atoms with E-state index in [9.17, 15) is 18.3 Å². The number of aromatic nitrogens is 3. The summed E-state index contributed by atoms with van der Waals surface area (Å²) in [7, 11) is 0. The Bertz CT molecular complexity index is 613. The van der Waals surface area contributed by atoms with Crippen LogP contribution < -0.4 is 5.73 Å². The van der Waals surface area contributed by atoms with Gasteiger partial charge >= 0.3 is 6.18 Å². The number of imidazole rings is 1.